The standard InChI is InChI=1S/C13H20N6O5/c1-5(14)13(22)23-2-6-8(20)9(21)12(24-6)19-4-18-7-10(15)16-3-17-11(7)19/h3-6,8-9,12-13,20-22H,2,14H2,1H3,(H2,15,16,17)/t5-,6+,8-,9?,12?,13?/m0/s1. The van der Waals surface area contributed by atoms with Crippen LogP contribution in [-0.4, -0.2) is 72.1 Å². The zero-order valence-electron chi connectivity index (χ0n) is 12.9. The second-order valence-electron chi connectivity index (χ2n) is 5.71. The molecule has 2 aromatic heterocycles. The number of imidazole rings is 1. The maximum Gasteiger partial charge on any atom is 0.169 e. The minimum absolute atomic E-state index is 0.138. The number of aliphatic hydroxyl groups is 3. The molecule has 11 nitrogen and oxygen atoms in total. The van der Waals surface area contributed by atoms with Gasteiger partial charge in [-0.3, -0.25) is 4.57 Å². The fourth-order valence-corrected chi connectivity index (χ4v) is 2.50. The second kappa shape index (κ2) is 6.55. The molecule has 7 N–H and O–H groups in total. The number of hydrogen-bond donors (Lipinski definition) is 5. The topological polar surface area (TPSA) is 175 Å². The molecule has 11 heteroatoms. The molecule has 1 saturated heterocycles. The van der Waals surface area contributed by atoms with Gasteiger partial charge in [-0.25, -0.2) is 15.0 Å². The number of fused-ring (bicyclic) bond motifs is 1. The fraction of sp³-hybridized carbons (Fsp3) is 0.615. The molecule has 24 heavy (non-hydrogen) atoms. The zero-order valence-corrected chi connectivity index (χ0v) is 12.9. The molecule has 0 aliphatic carbocycles. The molecule has 1 fully saturated rings. The molecule has 1 aliphatic heterocycles. The van der Waals surface area contributed by atoms with E-state index in [1.54, 1.807) is 6.92 Å². The summed E-state index contributed by atoms with van der Waals surface area (Å²) in [6.07, 6.45) is -2.76. The predicted molar refractivity (Wildman–Crippen MR) is 81.3 cm³/mol. The van der Waals surface area contributed by atoms with Gasteiger partial charge in [-0.1, -0.05) is 0 Å². The van der Waals surface area contributed by atoms with Gasteiger partial charge in [-0.05, 0) is 6.92 Å². The summed E-state index contributed by atoms with van der Waals surface area (Å²) in [6, 6.07) is -0.596. The maximum atomic E-state index is 10.3. The smallest absolute Gasteiger partial charge is 0.169 e. The zero-order chi connectivity index (χ0) is 17.4. The lowest BCUT2D eigenvalue weighted by atomic mass is 10.1. The van der Waals surface area contributed by atoms with Crippen molar-refractivity contribution in [3.8, 4) is 0 Å². The van der Waals surface area contributed by atoms with Crippen molar-refractivity contribution in [1.82, 2.24) is 19.5 Å². The highest BCUT2D eigenvalue weighted by Crippen LogP contribution is 2.32. The van der Waals surface area contributed by atoms with Gasteiger partial charge >= 0.3 is 0 Å². The van der Waals surface area contributed by atoms with Crippen LogP contribution in [0.5, 0.6) is 0 Å². The average molecular weight is 340 g/mol. The lowest BCUT2D eigenvalue weighted by Gasteiger charge is -2.19. The first-order valence-corrected chi connectivity index (χ1v) is 7.40. The van der Waals surface area contributed by atoms with Crippen LogP contribution in [0.4, 0.5) is 5.82 Å². The quantitative estimate of drug-likeness (QED) is 0.372. The van der Waals surface area contributed by atoms with Crippen LogP contribution >= 0.6 is 0 Å². The number of ether oxygens (including phenoxy) is 2. The number of nitrogen functional groups attached to an aromatic ring is 1. The van der Waals surface area contributed by atoms with Crippen molar-refractivity contribution in [3.05, 3.63) is 12.7 Å². The summed E-state index contributed by atoms with van der Waals surface area (Å²) in [5.41, 5.74) is 12.0. The number of aromatic nitrogens is 4. The minimum Gasteiger partial charge on any atom is -0.387 e. The third-order valence-electron chi connectivity index (χ3n) is 3.88. The molecular weight excluding hydrogens is 320 g/mol. The highest BCUT2D eigenvalue weighted by molar-refractivity contribution is 5.81. The summed E-state index contributed by atoms with van der Waals surface area (Å²) in [4.78, 5) is 12.0. The highest BCUT2D eigenvalue weighted by Gasteiger charge is 2.44. The molecule has 3 rings (SSSR count). The Kier molecular flexibility index (Phi) is 4.62. The second-order valence-corrected chi connectivity index (χ2v) is 5.71. The number of aliphatic hydroxyl groups excluding tert-OH is 3. The van der Waals surface area contributed by atoms with Gasteiger partial charge in [0.1, 0.15) is 30.2 Å². The predicted octanol–water partition coefficient (Wildman–Crippen LogP) is -2.29. The van der Waals surface area contributed by atoms with E-state index in [2.05, 4.69) is 15.0 Å². The van der Waals surface area contributed by atoms with Crippen molar-refractivity contribution in [1.29, 1.82) is 0 Å². The molecule has 0 spiro atoms. The molecule has 0 saturated carbocycles. The van der Waals surface area contributed by atoms with Gasteiger partial charge in [-0.2, -0.15) is 0 Å². The Labute approximate surface area is 136 Å². The summed E-state index contributed by atoms with van der Waals surface area (Å²) in [7, 11) is 0. The van der Waals surface area contributed by atoms with E-state index in [-0.39, 0.29) is 12.4 Å². The van der Waals surface area contributed by atoms with Gasteiger partial charge in [-0.15, -0.1) is 0 Å². The largest absolute Gasteiger partial charge is 0.387 e. The van der Waals surface area contributed by atoms with Crippen LogP contribution in [-0.2, 0) is 9.47 Å². The number of hydrogen-bond acceptors (Lipinski definition) is 10. The van der Waals surface area contributed by atoms with Crippen LogP contribution in [0.15, 0.2) is 12.7 Å². The van der Waals surface area contributed by atoms with E-state index in [1.807, 2.05) is 0 Å². The average Bonchev–Trinajstić information content (AvgIpc) is 3.09. The summed E-state index contributed by atoms with van der Waals surface area (Å²) >= 11 is 0. The molecule has 1 aliphatic rings. The Hall–Kier alpha value is -1.89. The van der Waals surface area contributed by atoms with Gasteiger partial charge in [0.15, 0.2) is 24.0 Å². The molecule has 0 aromatic carbocycles. The van der Waals surface area contributed by atoms with Gasteiger partial charge in [0.25, 0.3) is 0 Å². The van der Waals surface area contributed by atoms with Crippen LogP contribution in [0.3, 0.4) is 0 Å². The van der Waals surface area contributed by atoms with Crippen LogP contribution in [0, 0.1) is 0 Å². The first-order chi connectivity index (χ1) is 11.4. The molecule has 0 bridgehead atoms. The lowest BCUT2D eigenvalue weighted by Crippen LogP contribution is -2.39. The van der Waals surface area contributed by atoms with Crippen molar-refractivity contribution in [2.24, 2.45) is 5.73 Å². The van der Waals surface area contributed by atoms with Crippen LogP contribution < -0.4 is 11.5 Å². The third kappa shape index (κ3) is 2.92. The van der Waals surface area contributed by atoms with E-state index >= 15 is 0 Å². The number of nitrogens with zero attached hydrogens (tertiary/aromatic N) is 4. The van der Waals surface area contributed by atoms with Gasteiger partial charge in [0, 0.05) is 0 Å². The maximum absolute atomic E-state index is 10.3. The molecule has 0 radical (unpaired) electrons. The summed E-state index contributed by atoms with van der Waals surface area (Å²) in [5, 5.41) is 30.0. The molecule has 3 heterocycles. The number of nitrogens with two attached hydrogens (primary N) is 2. The number of anilines is 1. The first kappa shape index (κ1) is 17.0. The van der Waals surface area contributed by atoms with Crippen LogP contribution in [0.25, 0.3) is 11.2 Å². The molecule has 132 valence electrons. The van der Waals surface area contributed by atoms with E-state index in [9.17, 15) is 15.3 Å². The van der Waals surface area contributed by atoms with E-state index < -0.39 is 36.9 Å². The van der Waals surface area contributed by atoms with Crippen molar-refractivity contribution >= 4 is 17.0 Å². The van der Waals surface area contributed by atoms with E-state index in [1.165, 1.54) is 17.2 Å². The number of rotatable bonds is 5. The molecular formula is C13H20N6O5. The van der Waals surface area contributed by atoms with Crippen molar-refractivity contribution < 1.29 is 24.8 Å². The first-order valence-electron chi connectivity index (χ1n) is 7.40. The SMILES string of the molecule is C[C@H](N)C(O)OC[C@H]1OC(n2cnc3c(N)ncnc32)C(O)[C@H]1O. The van der Waals surface area contributed by atoms with E-state index in [4.69, 9.17) is 20.9 Å². The Morgan fingerprint density at radius 1 is 1.33 bits per heavy atom. The molecule has 3 unspecified atom stereocenters. The monoisotopic (exact) mass is 340 g/mol. The minimum atomic E-state index is -1.24. The van der Waals surface area contributed by atoms with Crippen molar-refractivity contribution in [2.75, 3.05) is 12.3 Å². The Morgan fingerprint density at radius 2 is 2.08 bits per heavy atom. The lowest BCUT2D eigenvalue weighted by molar-refractivity contribution is -0.149. The van der Waals surface area contributed by atoms with Gasteiger partial charge in [0.2, 0.25) is 0 Å². The van der Waals surface area contributed by atoms with Crippen LogP contribution in [0.1, 0.15) is 13.2 Å². The van der Waals surface area contributed by atoms with Crippen LogP contribution in [0.2, 0.25) is 0 Å². The van der Waals surface area contributed by atoms with Crippen molar-refractivity contribution in [3.63, 3.8) is 0 Å². The summed E-state index contributed by atoms with van der Waals surface area (Å²) < 4.78 is 12.3. The van der Waals surface area contributed by atoms with E-state index in [0.29, 0.717) is 11.2 Å². The summed E-state index contributed by atoms with van der Waals surface area (Å²) in [5.74, 6) is 0.201. The Morgan fingerprint density at radius 3 is 2.79 bits per heavy atom. The molecule has 0 amide bonds. The van der Waals surface area contributed by atoms with Crippen molar-refractivity contribution in [2.45, 2.75) is 43.8 Å². The fourth-order valence-electron chi connectivity index (χ4n) is 2.50. The van der Waals surface area contributed by atoms with Gasteiger partial charge < -0.3 is 36.3 Å². The van der Waals surface area contributed by atoms with E-state index in [0.717, 1.165) is 0 Å². The normalized spacial score (nSPS) is 29.9. The molecule has 6 atom stereocenters. The Balaban J connectivity index is 1.78. The Bertz CT molecular complexity index is 709. The third-order valence-corrected chi connectivity index (χ3v) is 3.88. The van der Waals surface area contributed by atoms with Gasteiger partial charge in [0.05, 0.1) is 19.0 Å². The summed E-state index contributed by atoms with van der Waals surface area (Å²) in [6.45, 7) is 1.44. The molecule has 2 aromatic rings. The highest BCUT2D eigenvalue weighted by atomic mass is 16.6.